The van der Waals surface area contributed by atoms with Gasteiger partial charge in [-0.25, -0.2) is 0 Å². The van der Waals surface area contributed by atoms with Gasteiger partial charge in [0.15, 0.2) is 0 Å². The van der Waals surface area contributed by atoms with Crippen LogP contribution in [0.2, 0.25) is 0 Å². The number of rotatable bonds is 12. The Labute approximate surface area is 144 Å². The summed E-state index contributed by atoms with van der Waals surface area (Å²) >= 11 is 6.15. The average molecular weight is 347 g/mol. The van der Waals surface area contributed by atoms with Crippen LogP contribution < -0.4 is 0 Å². The van der Waals surface area contributed by atoms with Crippen molar-refractivity contribution in [2.75, 3.05) is 0 Å². The highest BCUT2D eigenvalue weighted by Crippen LogP contribution is 2.24. The van der Waals surface area contributed by atoms with Gasteiger partial charge in [-0.2, -0.15) is 0 Å². The second kappa shape index (κ2) is 11.5. The third-order valence-electron chi connectivity index (χ3n) is 3.95. The third kappa shape index (κ3) is 11.2. The van der Waals surface area contributed by atoms with E-state index in [1.165, 1.54) is 0 Å². The minimum absolute atomic E-state index is 0.278. The standard InChI is InChI=1S/C18H31ClO4/c1-12(2)5-7-14(17(20)21)9-10-16(19)11-15(18(22)23)8-6-13(3)4/h10,12-15H,5-9,11H2,1-4H3,(H,20,21)(H,22,23). The summed E-state index contributed by atoms with van der Waals surface area (Å²) in [6.45, 7) is 8.24. The predicted molar refractivity (Wildman–Crippen MR) is 93.6 cm³/mol. The molecule has 0 bridgehead atoms. The Balaban J connectivity index is 4.58. The zero-order chi connectivity index (χ0) is 18.0. The first-order valence-corrected chi connectivity index (χ1v) is 8.81. The lowest BCUT2D eigenvalue weighted by Crippen LogP contribution is -2.15. The Morgan fingerprint density at radius 3 is 1.70 bits per heavy atom. The zero-order valence-corrected chi connectivity index (χ0v) is 15.5. The van der Waals surface area contributed by atoms with E-state index in [2.05, 4.69) is 27.7 Å². The van der Waals surface area contributed by atoms with Gasteiger partial charge in [0, 0.05) is 5.03 Å². The summed E-state index contributed by atoms with van der Waals surface area (Å²) in [4.78, 5) is 22.6. The van der Waals surface area contributed by atoms with Crippen LogP contribution in [0, 0.1) is 23.7 Å². The molecular formula is C18H31ClO4. The minimum atomic E-state index is -0.841. The van der Waals surface area contributed by atoms with E-state index in [-0.39, 0.29) is 6.42 Å². The number of carboxylic acid groups (broad SMARTS) is 2. The van der Waals surface area contributed by atoms with E-state index in [0.29, 0.717) is 36.1 Å². The smallest absolute Gasteiger partial charge is 0.306 e. The van der Waals surface area contributed by atoms with E-state index in [1.807, 2.05) is 0 Å². The highest BCUT2D eigenvalue weighted by Gasteiger charge is 2.20. The fourth-order valence-corrected chi connectivity index (χ4v) is 2.59. The molecule has 134 valence electrons. The number of halogens is 1. The molecule has 4 nitrogen and oxygen atoms in total. The number of hydrogen-bond donors (Lipinski definition) is 2. The van der Waals surface area contributed by atoms with Gasteiger partial charge in [-0.05, 0) is 37.5 Å². The van der Waals surface area contributed by atoms with Crippen molar-refractivity contribution in [2.45, 2.75) is 66.2 Å². The van der Waals surface area contributed by atoms with Crippen molar-refractivity contribution in [1.29, 1.82) is 0 Å². The monoisotopic (exact) mass is 346 g/mol. The van der Waals surface area contributed by atoms with Crippen molar-refractivity contribution in [2.24, 2.45) is 23.7 Å². The van der Waals surface area contributed by atoms with Crippen molar-refractivity contribution in [3.63, 3.8) is 0 Å². The first kappa shape index (κ1) is 22.0. The lowest BCUT2D eigenvalue weighted by Gasteiger charge is -2.14. The number of aliphatic carboxylic acids is 2. The molecule has 2 unspecified atom stereocenters. The molecule has 0 saturated heterocycles. The fourth-order valence-electron chi connectivity index (χ4n) is 2.31. The van der Waals surface area contributed by atoms with Crippen molar-refractivity contribution < 1.29 is 19.8 Å². The lowest BCUT2D eigenvalue weighted by molar-refractivity contribution is -0.143. The minimum Gasteiger partial charge on any atom is -0.481 e. The Morgan fingerprint density at radius 1 is 0.870 bits per heavy atom. The molecule has 0 fully saturated rings. The molecule has 2 atom stereocenters. The van der Waals surface area contributed by atoms with Crippen LogP contribution in [0.4, 0.5) is 0 Å². The van der Waals surface area contributed by atoms with E-state index in [9.17, 15) is 19.8 Å². The van der Waals surface area contributed by atoms with Crippen LogP contribution >= 0.6 is 11.6 Å². The number of allylic oxidation sites excluding steroid dienone is 2. The van der Waals surface area contributed by atoms with Gasteiger partial charge >= 0.3 is 11.9 Å². The topological polar surface area (TPSA) is 74.6 Å². The molecule has 0 aromatic carbocycles. The number of carboxylic acids is 2. The first-order valence-electron chi connectivity index (χ1n) is 8.43. The predicted octanol–water partition coefficient (Wildman–Crippen LogP) is 5.16. The van der Waals surface area contributed by atoms with Gasteiger partial charge < -0.3 is 10.2 Å². The average Bonchev–Trinajstić information content (AvgIpc) is 2.41. The maximum absolute atomic E-state index is 11.3. The fraction of sp³-hybridized carbons (Fsp3) is 0.778. The maximum atomic E-state index is 11.3. The van der Waals surface area contributed by atoms with Crippen LogP contribution in [0.1, 0.15) is 66.2 Å². The van der Waals surface area contributed by atoms with Gasteiger partial charge in [0.1, 0.15) is 0 Å². The zero-order valence-electron chi connectivity index (χ0n) is 14.7. The van der Waals surface area contributed by atoms with Crippen LogP contribution in [0.3, 0.4) is 0 Å². The Hall–Kier alpha value is -1.03. The van der Waals surface area contributed by atoms with Gasteiger partial charge in [0.25, 0.3) is 0 Å². The van der Waals surface area contributed by atoms with Crippen molar-refractivity contribution >= 4 is 23.5 Å². The molecule has 0 radical (unpaired) electrons. The van der Waals surface area contributed by atoms with Crippen LogP contribution in [-0.2, 0) is 9.59 Å². The third-order valence-corrected chi connectivity index (χ3v) is 4.26. The Kier molecular flexibility index (Phi) is 11.0. The first-order chi connectivity index (χ1) is 10.6. The van der Waals surface area contributed by atoms with Crippen molar-refractivity contribution in [3.8, 4) is 0 Å². The van der Waals surface area contributed by atoms with Gasteiger partial charge in [-0.3, -0.25) is 9.59 Å². The van der Waals surface area contributed by atoms with Gasteiger partial charge in [-0.1, -0.05) is 58.2 Å². The molecular weight excluding hydrogens is 316 g/mol. The van der Waals surface area contributed by atoms with Crippen LogP contribution in [0.25, 0.3) is 0 Å². The molecule has 0 aliphatic heterocycles. The highest BCUT2D eigenvalue weighted by atomic mass is 35.5. The summed E-state index contributed by atoms with van der Waals surface area (Å²) < 4.78 is 0. The molecule has 0 aliphatic carbocycles. The quantitative estimate of drug-likeness (QED) is 0.511. The van der Waals surface area contributed by atoms with E-state index >= 15 is 0 Å². The van der Waals surface area contributed by atoms with Gasteiger partial charge in [0.05, 0.1) is 11.8 Å². The normalized spacial score (nSPS) is 15.0. The summed E-state index contributed by atoms with van der Waals surface area (Å²) in [6, 6.07) is 0. The maximum Gasteiger partial charge on any atom is 0.306 e. The summed E-state index contributed by atoms with van der Waals surface area (Å²) in [5.41, 5.74) is 0. The van der Waals surface area contributed by atoms with Crippen LogP contribution in [0.15, 0.2) is 11.1 Å². The molecule has 5 heteroatoms. The van der Waals surface area contributed by atoms with E-state index in [1.54, 1.807) is 6.08 Å². The summed E-state index contributed by atoms with van der Waals surface area (Å²) in [5.74, 6) is -1.70. The lowest BCUT2D eigenvalue weighted by atomic mass is 9.93. The summed E-state index contributed by atoms with van der Waals surface area (Å²) in [7, 11) is 0. The molecule has 0 aliphatic rings. The number of carbonyl (C=O) groups is 2. The molecule has 23 heavy (non-hydrogen) atoms. The number of hydrogen-bond acceptors (Lipinski definition) is 2. The van der Waals surface area contributed by atoms with Crippen LogP contribution in [0.5, 0.6) is 0 Å². The van der Waals surface area contributed by atoms with Crippen molar-refractivity contribution in [1.82, 2.24) is 0 Å². The second-order valence-corrected chi connectivity index (χ2v) is 7.59. The van der Waals surface area contributed by atoms with Crippen molar-refractivity contribution in [3.05, 3.63) is 11.1 Å². The second-order valence-electron chi connectivity index (χ2n) is 7.10. The molecule has 0 rings (SSSR count). The Bertz CT molecular complexity index is 402. The SMILES string of the molecule is CC(C)CCC(CC=C(Cl)CC(CCC(C)C)C(=O)O)C(=O)O. The molecule has 0 spiro atoms. The molecule has 0 heterocycles. The van der Waals surface area contributed by atoms with E-state index in [4.69, 9.17) is 11.6 Å². The van der Waals surface area contributed by atoms with E-state index in [0.717, 1.165) is 12.8 Å². The largest absolute Gasteiger partial charge is 0.481 e. The van der Waals surface area contributed by atoms with Crippen LogP contribution in [-0.4, -0.2) is 22.2 Å². The summed E-state index contributed by atoms with van der Waals surface area (Å²) in [6.07, 6.45) is 5.22. The van der Waals surface area contributed by atoms with Gasteiger partial charge in [0.2, 0.25) is 0 Å². The molecule has 0 amide bonds. The molecule has 0 aromatic heterocycles. The molecule has 2 N–H and O–H groups in total. The van der Waals surface area contributed by atoms with E-state index < -0.39 is 23.8 Å². The van der Waals surface area contributed by atoms with Gasteiger partial charge in [-0.15, -0.1) is 0 Å². The summed E-state index contributed by atoms with van der Waals surface area (Å²) in [5, 5.41) is 19.0. The highest BCUT2D eigenvalue weighted by molar-refractivity contribution is 6.29. The molecule has 0 aromatic rings. The molecule has 0 saturated carbocycles. The Morgan fingerprint density at radius 2 is 1.30 bits per heavy atom.